The molecule has 2 aliphatic heterocycles. The number of oxazole rings is 1. The number of aliphatic hydroxyl groups is 1. The van der Waals surface area contributed by atoms with E-state index >= 15 is 0 Å². The number of carbonyl (C=O) groups is 4. The van der Waals surface area contributed by atoms with Gasteiger partial charge in [0.25, 0.3) is 5.91 Å². The maximum atomic E-state index is 14.8. The Bertz CT molecular complexity index is 1510. The van der Waals surface area contributed by atoms with Gasteiger partial charge in [0.05, 0.1) is 31.0 Å². The summed E-state index contributed by atoms with van der Waals surface area (Å²) in [7, 11) is 0. The van der Waals surface area contributed by atoms with Crippen molar-refractivity contribution in [2.45, 2.75) is 70.9 Å². The van der Waals surface area contributed by atoms with Crippen molar-refractivity contribution in [1.29, 1.82) is 0 Å². The van der Waals surface area contributed by atoms with Crippen molar-refractivity contribution in [2.24, 2.45) is 11.8 Å². The second kappa shape index (κ2) is 17.3. The quantitative estimate of drug-likeness (QED) is 0.406. The van der Waals surface area contributed by atoms with Crippen LogP contribution in [0.3, 0.4) is 0 Å². The number of pyridine rings is 1. The number of nitrogens with zero attached hydrogens (tertiary/aromatic N) is 3. The van der Waals surface area contributed by atoms with E-state index in [1.54, 1.807) is 57.3 Å². The lowest BCUT2D eigenvalue weighted by Gasteiger charge is -2.30. The van der Waals surface area contributed by atoms with Gasteiger partial charge in [-0.25, -0.2) is 19.0 Å². The average Bonchev–Trinajstić information content (AvgIpc) is 3.73. The van der Waals surface area contributed by atoms with Gasteiger partial charge < -0.3 is 29.2 Å². The number of hydrogen-bond acceptors (Lipinski definition) is 10. The first kappa shape index (κ1) is 36.0. The molecule has 13 nitrogen and oxygen atoms in total. The molecule has 0 aliphatic carbocycles. The number of aromatic nitrogens is 2. The molecule has 6 unspecified atom stereocenters. The van der Waals surface area contributed by atoms with Crippen LogP contribution in [0.5, 0.6) is 0 Å². The number of esters is 1. The summed E-state index contributed by atoms with van der Waals surface area (Å²) in [6, 6.07) is 2.39. The molecule has 0 spiro atoms. The van der Waals surface area contributed by atoms with Crippen LogP contribution in [-0.2, 0) is 25.5 Å². The van der Waals surface area contributed by atoms with Crippen molar-refractivity contribution in [3.05, 3.63) is 78.3 Å². The number of amides is 3. The summed E-state index contributed by atoms with van der Waals surface area (Å²) in [5.74, 6) is -2.63. The molecule has 0 saturated carbocycles. The first-order chi connectivity index (χ1) is 23.0. The number of ether oxygens (including phenoxy) is 2. The highest BCUT2D eigenvalue weighted by Crippen LogP contribution is 2.26. The Morgan fingerprint density at radius 3 is 2.88 bits per heavy atom. The SMILES string of the molecule is CC1=C\C(O)CC(F)Cc2nc(co2)C(=O)N2CCCC2C(=O)OC(C(C)COC(=O)Nc2cccnc2)C(C)/C=C/C(=O)NC\C=C\1. The van der Waals surface area contributed by atoms with Crippen molar-refractivity contribution < 1.29 is 42.6 Å². The van der Waals surface area contributed by atoms with Crippen molar-refractivity contribution >= 4 is 29.6 Å². The number of hydrogen-bond donors (Lipinski definition) is 3. The summed E-state index contributed by atoms with van der Waals surface area (Å²) < 4.78 is 31.6. The van der Waals surface area contributed by atoms with E-state index in [2.05, 4.69) is 20.6 Å². The van der Waals surface area contributed by atoms with Gasteiger partial charge in [0.1, 0.15) is 24.6 Å². The van der Waals surface area contributed by atoms with Crippen LogP contribution in [-0.4, -0.2) is 88.0 Å². The van der Waals surface area contributed by atoms with Crippen LogP contribution >= 0.6 is 0 Å². The van der Waals surface area contributed by atoms with Gasteiger partial charge in [-0.1, -0.05) is 43.7 Å². The lowest BCUT2D eigenvalue weighted by molar-refractivity contribution is -0.159. The van der Waals surface area contributed by atoms with Crippen molar-refractivity contribution in [2.75, 3.05) is 25.0 Å². The molecule has 1 saturated heterocycles. The molecule has 2 aromatic heterocycles. The van der Waals surface area contributed by atoms with Gasteiger partial charge in [-0.3, -0.25) is 19.9 Å². The normalized spacial score (nSPS) is 27.8. The summed E-state index contributed by atoms with van der Waals surface area (Å²) in [5.41, 5.74) is 1.05. The molecule has 4 heterocycles. The van der Waals surface area contributed by atoms with E-state index in [-0.39, 0.29) is 44.1 Å². The summed E-state index contributed by atoms with van der Waals surface area (Å²) in [6.45, 7) is 5.59. The second-order valence-electron chi connectivity index (χ2n) is 12.0. The zero-order valence-electron chi connectivity index (χ0n) is 27.2. The van der Waals surface area contributed by atoms with Gasteiger partial charge in [-0.2, -0.15) is 0 Å². The molecular formula is C34H42FN5O8. The molecule has 2 aromatic rings. The number of anilines is 1. The molecule has 258 valence electrons. The molecule has 3 N–H and O–H groups in total. The fourth-order valence-electron chi connectivity index (χ4n) is 5.53. The van der Waals surface area contributed by atoms with Gasteiger partial charge in [-0.05, 0) is 38.0 Å². The first-order valence-corrected chi connectivity index (χ1v) is 15.9. The number of rotatable bonds is 4. The highest BCUT2D eigenvalue weighted by atomic mass is 19.1. The first-order valence-electron chi connectivity index (χ1n) is 15.9. The van der Waals surface area contributed by atoms with E-state index in [1.165, 1.54) is 23.2 Å². The molecule has 48 heavy (non-hydrogen) atoms. The molecule has 3 amide bonds. The zero-order chi connectivity index (χ0) is 34.6. The minimum absolute atomic E-state index is 0.00633. The van der Waals surface area contributed by atoms with Crippen LogP contribution in [0.1, 0.15) is 56.4 Å². The molecule has 0 aromatic carbocycles. The number of aliphatic hydroxyl groups excluding tert-OH is 1. The molecular weight excluding hydrogens is 625 g/mol. The van der Waals surface area contributed by atoms with E-state index in [4.69, 9.17) is 13.9 Å². The molecule has 6 atom stereocenters. The Kier molecular flexibility index (Phi) is 13.0. The van der Waals surface area contributed by atoms with E-state index in [0.717, 1.165) is 6.26 Å². The molecule has 2 bridgehead atoms. The third-order valence-corrected chi connectivity index (χ3v) is 7.95. The van der Waals surface area contributed by atoms with Crippen LogP contribution < -0.4 is 10.6 Å². The Morgan fingerprint density at radius 1 is 1.29 bits per heavy atom. The molecule has 4 rings (SSSR count). The van der Waals surface area contributed by atoms with Gasteiger partial charge in [0.15, 0.2) is 11.6 Å². The minimum atomic E-state index is -1.50. The van der Waals surface area contributed by atoms with Crippen LogP contribution in [0.25, 0.3) is 0 Å². The van der Waals surface area contributed by atoms with E-state index in [1.807, 2.05) is 0 Å². The fourth-order valence-corrected chi connectivity index (χ4v) is 5.53. The summed E-state index contributed by atoms with van der Waals surface area (Å²) in [4.78, 5) is 61.5. The van der Waals surface area contributed by atoms with Gasteiger partial charge in [0, 0.05) is 37.5 Å². The molecule has 1 fully saturated rings. The lowest BCUT2D eigenvalue weighted by Crippen LogP contribution is -2.44. The minimum Gasteiger partial charge on any atom is -0.460 e. The maximum Gasteiger partial charge on any atom is 0.411 e. The van der Waals surface area contributed by atoms with Crippen molar-refractivity contribution in [3.63, 3.8) is 0 Å². The highest BCUT2D eigenvalue weighted by Gasteiger charge is 2.39. The van der Waals surface area contributed by atoms with Gasteiger partial charge in [0.2, 0.25) is 5.91 Å². The van der Waals surface area contributed by atoms with Crippen molar-refractivity contribution in [3.8, 4) is 0 Å². The summed E-state index contributed by atoms with van der Waals surface area (Å²) >= 11 is 0. The third kappa shape index (κ3) is 10.6. The zero-order valence-corrected chi connectivity index (χ0v) is 27.2. The number of fused-ring (bicyclic) bond motifs is 3. The van der Waals surface area contributed by atoms with Gasteiger partial charge in [-0.15, -0.1) is 0 Å². The van der Waals surface area contributed by atoms with E-state index in [0.29, 0.717) is 24.1 Å². The third-order valence-electron chi connectivity index (χ3n) is 7.95. The number of carbonyl (C=O) groups excluding carboxylic acids is 4. The largest absolute Gasteiger partial charge is 0.460 e. The predicted octanol–water partition coefficient (Wildman–Crippen LogP) is 3.93. The molecule has 14 heteroatoms. The topological polar surface area (TPSA) is 173 Å². The Balaban J connectivity index is 1.54. The van der Waals surface area contributed by atoms with E-state index < -0.39 is 60.1 Å². The number of cyclic esters (lactones) is 1. The smallest absolute Gasteiger partial charge is 0.411 e. The summed E-state index contributed by atoms with van der Waals surface area (Å²) in [6.07, 6.45) is 8.27. The lowest BCUT2D eigenvalue weighted by atomic mass is 9.93. The monoisotopic (exact) mass is 667 g/mol. The number of alkyl halides is 1. The Hall–Kier alpha value is -4.85. The van der Waals surface area contributed by atoms with Crippen LogP contribution in [0, 0.1) is 11.8 Å². The van der Waals surface area contributed by atoms with Gasteiger partial charge >= 0.3 is 12.1 Å². The number of halogens is 1. The number of nitrogens with one attached hydrogen (secondary N) is 2. The highest BCUT2D eigenvalue weighted by molar-refractivity contribution is 5.95. The van der Waals surface area contributed by atoms with Crippen LogP contribution in [0.2, 0.25) is 0 Å². The fraction of sp³-hybridized carbons (Fsp3) is 0.471. The Labute approximate surface area is 278 Å². The van der Waals surface area contributed by atoms with Crippen LogP contribution in [0.15, 0.2) is 71.2 Å². The van der Waals surface area contributed by atoms with E-state index in [9.17, 15) is 28.7 Å². The standard InChI is InChI=1S/C34H42FN5O8/c1-21-7-4-13-37-29(42)11-10-22(2)31(23(3)19-47-34(45)38-25-8-5-12-36-18-25)48-33(44)28-9-6-14-40(28)32(43)27-20-46-30(39-27)17-24(35)16-26(41)15-21/h4-5,7-8,10-12,15,18,20,22-24,26,28,31,41H,6,9,13-14,16-17,19H2,1-3H3,(H,37,42)(H,38,45)/b7-4+,11-10+,21-15+. The molecule has 0 radical (unpaired) electrons. The predicted molar refractivity (Wildman–Crippen MR) is 172 cm³/mol. The molecule has 2 aliphatic rings. The average molecular weight is 668 g/mol. The second-order valence-corrected chi connectivity index (χ2v) is 12.0. The van der Waals surface area contributed by atoms with Crippen molar-refractivity contribution in [1.82, 2.24) is 20.2 Å². The maximum absolute atomic E-state index is 14.8. The number of allylic oxidation sites excluding steroid dienone is 2. The van der Waals surface area contributed by atoms with Crippen LogP contribution in [0.4, 0.5) is 14.9 Å². The summed E-state index contributed by atoms with van der Waals surface area (Å²) in [5, 5.41) is 15.6. The Morgan fingerprint density at radius 2 is 2.10 bits per heavy atom.